The van der Waals surface area contributed by atoms with Crippen LogP contribution in [0.25, 0.3) is 6.08 Å². The van der Waals surface area contributed by atoms with Gasteiger partial charge in [-0.2, -0.15) is 4.98 Å². The zero-order valence-corrected chi connectivity index (χ0v) is 11.1. The van der Waals surface area contributed by atoms with Crippen LogP contribution >= 0.6 is 0 Å². The summed E-state index contributed by atoms with van der Waals surface area (Å²) >= 11 is 0. The molecule has 1 aliphatic rings. The number of aliphatic hydroxyl groups is 1. The fourth-order valence-corrected chi connectivity index (χ4v) is 1.97. The SMILES string of the molecule is CCC(CC)Nc1ncc2c(n1)N(C)C(O)C=C2. The maximum absolute atomic E-state index is 9.75. The highest BCUT2D eigenvalue weighted by Gasteiger charge is 2.19. The number of nitrogens with one attached hydrogen (secondary N) is 1. The van der Waals surface area contributed by atoms with Gasteiger partial charge in [0, 0.05) is 24.8 Å². The molecule has 0 bridgehead atoms. The molecular formula is C13H20N4O. The van der Waals surface area contributed by atoms with Crippen molar-refractivity contribution in [3.63, 3.8) is 0 Å². The molecule has 1 aliphatic heterocycles. The summed E-state index contributed by atoms with van der Waals surface area (Å²) in [5.41, 5.74) is 0.929. The molecule has 0 saturated heterocycles. The fourth-order valence-electron chi connectivity index (χ4n) is 1.97. The van der Waals surface area contributed by atoms with Crippen molar-refractivity contribution in [1.82, 2.24) is 9.97 Å². The molecule has 5 nitrogen and oxygen atoms in total. The molecule has 2 heterocycles. The van der Waals surface area contributed by atoms with E-state index < -0.39 is 6.23 Å². The summed E-state index contributed by atoms with van der Waals surface area (Å²) in [6.45, 7) is 4.27. The van der Waals surface area contributed by atoms with Crippen molar-refractivity contribution >= 4 is 17.8 Å². The monoisotopic (exact) mass is 248 g/mol. The number of hydrogen-bond acceptors (Lipinski definition) is 5. The molecule has 1 aromatic heterocycles. The van der Waals surface area contributed by atoms with E-state index in [9.17, 15) is 5.11 Å². The van der Waals surface area contributed by atoms with Crippen LogP contribution in [0.5, 0.6) is 0 Å². The van der Waals surface area contributed by atoms with Gasteiger partial charge in [-0.1, -0.05) is 13.8 Å². The normalized spacial score (nSPS) is 18.1. The first-order valence-electron chi connectivity index (χ1n) is 6.38. The smallest absolute Gasteiger partial charge is 0.224 e. The van der Waals surface area contributed by atoms with Crippen LogP contribution in [-0.4, -0.2) is 34.4 Å². The molecule has 1 unspecified atom stereocenters. The average Bonchev–Trinajstić information content (AvgIpc) is 2.40. The molecule has 0 saturated carbocycles. The van der Waals surface area contributed by atoms with E-state index in [0.717, 1.165) is 24.2 Å². The topological polar surface area (TPSA) is 61.3 Å². The molecule has 0 aromatic carbocycles. The Bertz CT molecular complexity index is 443. The van der Waals surface area contributed by atoms with Gasteiger partial charge in [-0.15, -0.1) is 0 Å². The lowest BCUT2D eigenvalue weighted by Crippen LogP contribution is -2.33. The van der Waals surface area contributed by atoms with Crippen LogP contribution in [0.4, 0.5) is 11.8 Å². The second kappa shape index (κ2) is 5.35. The Morgan fingerprint density at radius 1 is 1.44 bits per heavy atom. The minimum atomic E-state index is -0.617. The predicted molar refractivity (Wildman–Crippen MR) is 73.5 cm³/mol. The molecule has 2 rings (SSSR count). The number of aromatic nitrogens is 2. The number of hydrogen-bond donors (Lipinski definition) is 2. The Morgan fingerprint density at radius 3 is 2.83 bits per heavy atom. The summed E-state index contributed by atoms with van der Waals surface area (Å²) < 4.78 is 0. The van der Waals surface area contributed by atoms with Crippen molar-refractivity contribution < 1.29 is 5.11 Å². The van der Waals surface area contributed by atoms with E-state index in [-0.39, 0.29) is 0 Å². The third kappa shape index (κ3) is 2.46. The van der Waals surface area contributed by atoms with Gasteiger partial charge in [0.15, 0.2) is 0 Å². The third-order valence-electron chi connectivity index (χ3n) is 3.29. The molecule has 1 atom stereocenters. The van der Waals surface area contributed by atoms with Crippen molar-refractivity contribution in [2.75, 3.05) is 17.3 Å². The predicted octanol–water partition coefficient (Wildman–Crippen LogP) is 1.86. The molecule has 0 amide bonds. The minimum Gasteiger partial charge on any atom is -0.370 e. The zero-order chi connectivity index (χ0) is 13.1. The van der Waals surface area contributed by atoms with Crippen molar-refractivity contribution in [3.8, 4) is 0 Å². The first-order valence-corrected chi connectivity index (χ1v) is 6.38. The molecule has 0 fully saturated rings. The van der Waals surface area contributed by atoms with Crippen LogP contribution in [0.3, 0.4) is 0 Å². The van der Waals surface area contributed by atoms with Gasteiger partial charge in [-0.3, -0.25) is 0 Å². The van der Waals surface area contributed by atoms with E-state index in [4.69, 9.17) is 0 Å². The number of nitrogens with zero attached hydrogens (tertiary/aromatic N) is 3. The second-order valence-corrected chi connectivity index (χ2v) is 4.51. The Hall–Kier alpha value is -1.62. The molecule has 0 spiro atoms. The van der Waals surface area contributed by atoms with Crippen LogP contribution in [0.2, 0.25) is 0 Å². The van der Waals surface area contributed by atoms with E-state index in [0.29, 0.717) is 12.0 Å². The number of rotatable bonds is 4. The Morgan fingerprint density at radius 2 is 2.17 bits per heavy atom. The van der Waals surface area contributed by atoms with Crippen molar-refractivity contribution in [2.24, 2.45) is 0 Å². The number of anilines is 2. The van der Waals surface area contributed by atoms with Crippen molar-refractivity contribution in [1.29, 1.82) is 0 Å². The van der Waals surface area contributed by atoms with Crippen molar-refractivity contribution in [2.45, 2.75) is 39.0 Å². The van der Waals surface area contributed by atoms with Crippen molar-refractivity contribution in [3.05, 3.63) is 17.8 Å². The van der Waals surface area contributed by atoms with Crippen LogP contribution in [-0.2, 0) is 0 Å². The van der Waals surface area contributed by atoms with Gasteiger partial charge in [-0.05, 0) is 25.0 Å². The molecule has 1 aromatic rings. The molecular weight excluding hydrogens is 228 g/mol. The summed E-state index contributed by atoms with van der Waals surface area (Å²) in [4.78, 5) is 10.5. The Kier molecular flexibility index (Phi) is 3.81. The second-order valence-electron chi connectivity index (χ2n) is 4.51. The van der Waals surface area contributed by atoms with Crippen LogP contribution in [0.15, 0.2) is 12.3 Å². The van der Waals surface area contributed by atoms with Gasteiger partial charge in [-0.25, -0.2) is 4.98 Å². The lowest BCUT2D eigenvalue weighted by molar-refractivity contribution is 0.222. The first kappa shape index (κ1) is 12.8. The van der Waals surface area contributed by atoms with Gasteiger partial charge in [0.1, 0.15) is 12.0 Å². The van der Waals surface area contributed by atoms with E-state index >= 15 is 0 Å². The van der Waals surface area contributed by atoms with E-state index in [1.807, 2.05) is 13.1 Å². The van der Waals surface area contributed by atoms with Gasteiger partial charge < -0.3 is 15.3 Å². The van der Waals surface area contributed by atoms with Crippen LogP contribution in [0.1, 0.15) is 32.3 Å². The largest absolute Gasteiger partial charge is 0.370 e. The standard InChI is InChI=1S/C13H20N4O/c1-4-10(5-2)15-13-14-8-9-6-7-11(18)17(3)12(9)16-13/h6-8,10-11,18H,4-5H2,1-3H3,(H,14,15,16). The molecule has 5 heteroatoms. The lowest BCUT2D eigenvalue weighted by Gasteiger charge is -2.27. The highest BCUT2D eigenvalue weighted by Crippen LogP contribution is 2.25. The highest BCUT2D eigenvalue weighted by molar-refractivity contribution is 5.68. The fraction of sp³-hybridized carbons (Fsp3) is 0.538. The van der Waals surface area contributed by atoms with E-state index in [1.54, 1.807) is 17.2 Å². The lowest BCUT2D eigenvalue weighted by atomic mass is 10.2. The summed E-state index contributed by atoms with van der Waals surface area (Å²) in [5, 5.41) is 13.1. The minimum absolute atomic E-state index is 0.386. The quantitative estimate of drug-likeness (QED) is 0.851. The Balaban J connectivity index is 2.24. The summed E-state index contributed by atoms with van der Waals surface area (Å²) in [6.07, 6.45) is 6.81. The van der Waals surface area contributed by atoms with Crippen LogP contribution in [0, 0.1) is 0 Å². The van der Waals surface area contributed by atoms with Crippen LogP contribution < -0.4 is 10.2 Å². The van der Waals surface area contributed by atoms with Gasteiger partial charge in [0.25, 0.3) is 0 Å². The van der Waals surface area contributed by atoms with Gasteiger partial charge in [0.05, 0.1) is 0 Å². The maximum Gasteiger partial charge on any atom is 0.224 e. The molecule has 18 heavy (non-hydrogen) atoms. The van der Waals surface area contributed by atoms with Gasteiger partial charge >= 0.3 is 0 Å². The first-order chi connectivity index (χ1) is 8.65. The van der Waals surface area contributed by atoms with Gasteiger partial charge in [0.2, 0.25) is 5.95 Å². The van der Waals surface area contributed by atoms with E-state index in [1.165, 1.54) is 0 Å². The zero-order valence-electron chi connectivity index (χ0n) is 11.1. The number of fused-ring (bicyclic) bond motifs is 1. The molecule has 0 aliphatic carbocycles. The number of aliphatic hydroxyl groups excluding tert-OH is 1. The Labute approximate surface area is 108 Å². The molecule has 2 N–H and O–H groups in total. The molecule has 0 radical (unpaired) electrons. The summed E-state index contributed by atoms with van der Waals surface area (Å²) in [5.74, 6) is 1.38. The highest BCUT2D eigenvalue weighted by atomic mass is 16.3. The average molecular weight is 248 g/mol. The number of likely N-dealkylation sites (N-methyl/N-ethyl adjacent to an activating group) is 1. The molecule has 98 valence electrons. The maximum atomic E-state index is 9.75. The third-order valence-corrected chi connectivity index (χ3v) is 3.29. The summed E-state index contributed by atoms with van der Waals surface area (Å²) in [6, 6.07) is 0.386. The summed E-state index contributed by atoms with van der Waals surface area (Å²) in [7, 11) is 1.82. The van der Waals surface area contributed by atoms with E-state index in [2.05, 4.69) is 29.1 Å².